The lowest BCUT2D eigenvalue weighted by atomic mass is 10.3. The van der Waals surface area contributed by atoms with E-state index in [1.165, 1.54) is 46.1 Å². The molecular formula is C13H18N2O3S. The van der Waals surface area contributed by atoms with Gasteiger partial charge in [0.1, 0.15) is 0 Å². The third kappa shape index (κ3) is 3.59. The predicted octanol–water partition coefficient (Wildman–Crippen LogP) is 2.35. The van der Waals surface area contributed by atoms with E-state index in [2.05, 4.69) is 9.97 Å². The van der Waals surface area contributed by atoms with E-state index in [1.54, 1.807) is 11.8 Å². The molecule has 0 saturated heterocycles. The first-order chi connectivity index (χ1) is 9.24. The number of carbonyl (C=O) groups is 1. The van der Waals surface area contributed by atoms with Crippen LogP contribution in [0.15, 0.2) is 6.20 Å². The SMILES string of the molecule is COc1cnc(C(=O)CSC2CCCC2)c(OC)n1. The molecule has 0 aromatic carbocycles. The number of aromatic nitrogens is 2. The van der Waals surface area contributed by atoms with Crippen LogP contribution in [0, 0.1) is 0 Å². The van der Waals surface area contributed by atoms with Crippen LogP contribution in [0.1, 0.15) is 36.2 Å². The minimum Gasteiger partial charge on any atom is -0.480 e. The van der Waals surface area contributed by atoms with Gasteiger partial charge in [-0.15, -0.1) is 0 Å². The average Bonchev–Trinajstić information content (AvgIpc) is 2.97. The van der Waals surface area contributed by atoms with Gasteiger partial charge in [-0.25, -0.2) is 4.98 Å². The Hall–Kier alpha value is -1.30. The van der Waals surface area contributed by atoms with Gasteiger partial charge in [-0.05, 0) is 12.8 Å². The van der Waals surface area contributed by atoms with Crippen molar-refractivity contribution in [3.63, 3.8) is 0 Å². The summed E-state index contributed by atoms with van der Waals surface area (Å²) in [7, 11) is 2.98. The zero-order valence-corrected chi connectivity index (χ0v) is 12.0. The Morgan fingerprint density at radius 3 is 2.74 bits per heavy atom. The maximum atomic E-state index is 12.1. The summed E-state index contributed by atoms with van der Waals surface area (Å²) in [6, 6.07) is 0. The molecule has 1 saturated carbocycles. The van der Waals surface area contributed by atoms with Crippen LogP contribution >= 0.6 is 11.8 Å². The highest BCUT2D eigenvalue weighted by atomic mass is 32.2. The molecule has 5 nitrogen and oxygen atoms in total. The molecule has 104 valence electrons. The number of hydrogen-bond acceptors (Lipinski definition) is 6. The third-order valence-electron chi connectivity index (χ3n) is 3.14. The van der Waals surface area contributed by atoms with Crippen LogP contribution in [-0.2, 0) is 0 Å². The molecule has 0 amide bonds. The number of ketones is 1. The van der Waals surface area contributed by atoms with Gasteiger partial charge < -0.3 is 9.47 Å². The Kier molecular flexibility index (Phi) is 5.01. The molecule has 2 rings (SSSR count). The summed E-state index contributed by atoms with van der Waals surface area (Å²) in [5.41, 5.74) is 0.286. The van der Waals surface area contributed by atoms with Crippen molar-refractivity contribution in [2.24, 2.45) is 0 Å². The first kappa shape index (κ1) is 14.1. The third-order valence-corrected chi connectivity index (χ3v) is 4.51. The fourth-order valence-electron chi connectivity index (χ4n) is 2.11. The van der Waals surface area contributed by atoms with Gasteiger partial charge in [0.2, 0.25) is 11.8 Å². The molecule has 1 aromatic rings. The molecule has 1 aliphatic carbocycles. The Balaban J connectivity index is 2.01. The number of methoxy groups -OCH3 is 2. The second kappa shape index (κ2) is 6.75. The summed E-state index contributed by atoms with van der Waals surface area (Å²) < 4.78 is 10.1. The molecule has 0 radical (unpaired) electrons. The van der Waals surface area contributed by atoms with Crippen LogP contribution < -0.4 is 9.47 Å². The van der Waals surface area contributed by atoms with Crippen molar-refractivity contribution in [3.05, 3.63) is 11.9 Å². The number of Topliss-reactive ketones (excluding diaryl/α,β-unsaturated/α-hetero) is 1. The highest BCUT2D eigenvalue weighted by Gasteiger charge is 2.20. The fraction of sp³-hybridized carbons (Fsp3) is 0.615. The maximum Gasteiger partial charge on any atom is 0.246 e. The quantitative estimate of drug-likeness (QED) is 0.746. The molecule has 0 spiro atoms. The summed E-state index contributed by atoms with van der Waals surface area (Å²) in [4.78, 5) is 20.3. The van der Waals surface area contributed by atoms with Gasteiger partial charge in [0.25, 0.3) is 0 Å². The summed E-state index contributed by atoms with van der Waals surface area (Å²) in [5.74, 6) is 0.972. The lowest BCUT2D eigenvalue weighted by molar-refractivity contribution is 0.101. The summed E-state index contributed by atoms with van der Waals surface area (Å²) in [6.07, 6.45) is 6.41. The molecule has 1 aliphatic rings. The van der Waals surface area contributed by atoms with E-state index >= 15 is 0 Å². The zero-order chi connectivity index (χ0) is 13.7. The van der Waals surface area contributed by atoms with Crippen molar-refractivity contribution in [1.82, 2.24) is 9.97 Å². The number of rotatable bonds is 6. The van der Waals surface area contributed by atoms with Gasteiger partial charge in [0.05, 0.1) is 26.2 Å². The Bertz CT molecular complexity index is 448. The molecule has 0 atom stereocenters. The van der Waals surface area contributed by atoms with E-state index in [0.717, 1.165) is 0 Å². The average molecular weight is 282 g/mol. The first-order valence-corrected chi connectivity index (χ1v) is 7.39. The van der Waals surface area contributed by atoms with E-state index in [-0.39, 0.29) is 17.4 Å². The van der Waals surface area contributed by atoms with Gasteiger partial charge >= 0.3 is 0 Å². The molecule has 0 aliphatic heterocycles. The van der Waals surface area contributed by atoms with Crippen molar-refractivity contribution < 1.29 is 14.3 Å². The number of thioether (sulfide) groups is 1. The monoisotopic (exact) mass is 282 g/mol. The smallest absolute Gasteiger partial charge is 0.246 e. The molecule has 6 heteroatoms. The molecule has 0 unspecified atom stereocenters. The van der Waals surface area contributed by atoms with Gasteiger partial charge in [0.15, 0.2) is 11.5 Å². The lowest BCUT2D eigenvalue weighted by Crippen LogP contribution is -2.11. The summed E-state index contributed by atoms with van der Waals surface area (Å²) in [6.45, 7) is 0. The maximum absolute atomic E-state index is 12.1. The van der Waals surface area contributed by atoms with Crippen molar-refractivity contribution in [3.8, 4) is 11.8 Å². The molecule has 19 heavy (non-hydrogen) atoms. The Labute approximate surface area is 117 Å². The lowest BCUT2D eigenvalue weighted by Gasteiger charge is -2.09. The summed E-state index contributed by atoms with van der Waals surface area (Å²) >= 11 is 1.71. The van der Waals surface area contributed by atoms with Crippen molar-refractivity contribution in [2.45, 2.75) is 30.9 Å². The van der Waals surface area contributed by atoms with Gasteiger partial charge in [-0.2, -0.15) is 16.7 Å². The zero-order valence-electron chi connectivity index (χ0n) is 11.2. The van der Waals surface area contributed by atoms with Crippen LogP contribution in [0.25, 0.3) is 0 Å². The largest absolute Gasteiger partial charge is 0.480 e. The van der Waals surface area contributed by atoms with Crippen LogP contribution in [-0.4, -0.2) is 41.0 Å². The van der Waals surface area contributed by atoms with E-state index in [4.69, 9.17) is 9.47 Å². The summed E-state index contributed by atoms with van der Waals surface area (Å²) in [5, 5.41) is 0.612. The molecular weight excluding hydrogens is 264 g/mol. The van der Waals surface area contributed by atoms with Crippen molar-refractivity contribution in [1.29, 1.82) is 0 Å². The van der Waals surface area contributed by atoms with E-state index in [0.29, 0.717) is 16.9 Å². The fourth-order valence-corrected chi connectivity index (χ4v) is 3.30. The standard InChI is InChI=1S/C13H18N2O3S/c1-17-11-7-14-12(13(15-11)18-2)10(16)8-19-9-5-3-4-6-9/h7,9H,3-6,8H2,1-2H3. The molecule has 1 fully saturated rings. The predicted molar refractivity (Wildman–Crippen MR) is 74.2 cm³/mol. The highest BCUT2D eigenvalue weighted by Crippen LogP contribution is 2.30. The first-order valence-electron chi connectivity index (χ1n) is 6.34. The van der Waals surface area contributed by atoms with E-state index < -0.39 is 0 Å². The Morgan fingerprint density at radius 2 is 2.11 bits per heavy atom. The van der Waals surface area contributed by atoms with Crippen molar-refractivity contribution >= 4 is 17.5 Å². The number of carbonyl (C=O) groups excluding carboxylic acids is 1. The minimum atomic E-state index is -0.0381. The van der Waals surface area contributed by atoms with Gasteiger partial charge in [0, 0.05) is 5.25 Å². The second-order valence-corrected chi connectivity index (χ2v) is 5.70. The van der Waals surface area contributed by atoms with Gasteiger partial charge in [-0.3, -0.25) is 4.79 Å². The van der Waals surface area contributed by atoms with Crippen molar-refractivity contribution in [2.75, 3.05) is 20.0 Å². The highest BCUT2D eigenvalue weighted by molar-refractivity contribution is 8.00. The minimum absolute atomic E-state index is 0.0381. The topological polar surface area (TPSA) is 61.3 Å². The molecule has 0 N–H and O–H groups in total. The number of ether oxygens (including phenoxy) is 2. The van der Waals surface area contributed by atoms with E-state index in [1.807, 2.05) is 0 Å². The number of nitrogens with zero attached hydrogens (tertiary/aromatic N) is 2. The normalized spacial score (nSPS) is 15.5. The van der Waals surface area contributed by atoms with Crippen LogP contribution in [0.5, 0.6) is 11.8 Å². The molecule has 1 aromatic heterocycles. The van der Waals surface area contributed by atoms with Crippen LogP contribution in [0.2, 0.25) is 0 Å². The number of hydrogen-bond donors (Lipinski definition) is 0. The van der Waals surface area contributed by atoms with Crippen LogP contribution in [0.3, 0.4) is 0 Å². The second-order valence-electron chi connectivity index (χ2n) is 4.41. The van der Waals surface area contributed by atoms with E-state index in [9.17, 15) is 4.79 Å². The Morgan fingerprint density at radius 1 is 1.37 bits per heavy atom. The van der Waals surface area contributed by atoms with Gasteiger partial charge in [-0.1, -0.05) is 12.8 Å². The van der Waals surface area contributed by atoms with Crippen LogP contribution in [0.4, 0.5) is 0 Å². The molecule has 1 heterocycles. The molecule has 0 bridgehead atoms.